The lowest BCUT2D eigenvalue weighted by Crippen LogP contribution is -2.34. The summed E-state index contributed by atoms with van der Waals surface area (Å²) in [6, 6.07) is 8.78. The molecule has 0 aliphatic carbocycles. The van der Waals surface area contributed by atoms with Crippen molar-refractivity contribution < 1.29 is 27.4 Å². The SMILES string of the molecule is CCCCCOc1c(F)cc(-c2ncc(-c3ccc(OC(=O)[C@@](C)(F)CCCC)cc3)cn2)cc1F. The molecule has 0 saturated carbocycles. The molecule has 0 aliphatic heterocycles. The highest BCUT2D eigenvalue weighted by atomic mass is 19.1. The fraction of sp³-hybridized carbons (Fsp3) is 0.393. The number of nitrogens with zero attached hydrogens (tertiary/aromatic N) is 2. The topological polar surface area (TPSA) is 61.3 Å². The summed E-state index contributed by atoms with van der Waals surface area (Å²) in [5.74, 6) is -2.55. The van der Waals surface area contributed by atoms with Crippen LogP contribution in [0.3, 0.4) is 0 Å². The molecule has 0 unspecified atom stereocenters. The molecule has 0 aliphatic rings. The Hall–Kier alpha value is -3.42. The molecule has 3 rings (SSSR count). The lowest BCUT2D eigenvalue weighted by atomic mass is 10.0. The van der Waals surface area contributed by atoms with Crippen molar-refractivity contribution in [2.75, 3.05) is 6.61 Å². The van der Waals surface area contributed by atoms with Crippen LogP contribution in [-0.2, 0) is 4.79 Å². The molecule has 1 atom stereocenters. The smallest absolute Gasteiger partial charge is 0.348 e. The van der Waals surface area contributed by atoms with Crippen LogP contribution >= 0.6 is 0 Å². The summed E-state index contributed by atoms with van der Waals surface area (Å²) in [4.78, 5) is 20.6. The van der Waals surface area contributed by atoms with Gasteiger partial charge in [-0.05, 0) is 56.0 Å². The Morgan fingerprint density at radius 3 is 2.08 bits per heavy atom. The number of unbranched alkanes of at least 4 members (excludes halogenated alkanes) is 3. The molecular weight excluding hydrogens is 469 g/mol. The van der Waals surface area contributed by atoms with Crippen LogP contribution in [-0.4, -0.2) is 28.2 Å². The molecule has 0 bridgehead atoms. The van der Waals surface area contributed by atoms with E-state index in [0.29, 0.717) is 12.0 Å². The van der Waals surface area contributed by atoms with Gasteiger partial charge in [-0.2, -0.15) is 0 Å². The van der Waals surface area contributed by atoms with E-state index in [2.05, 4.69) is 9.97 Å². The molecule has 5 nitrogen and oxygen atoms in total. The van der Waals surface area contributed by atoms with Crippen LogP contribution in [0.1, 0.15) is 59.3 Å². The van der Waals surface area contributed by atoms with Crippen LogP contribution in [0.4, 0.5) is 13.2 Å². The average molecular weight is 501 g/mol. The van der Waals surface area contributed by atoms with Crippen LogP contribution < -0.4 is 9.47 Å². The average Bonchev–Trinajstić information content (AvgIpc) is 2.87. The number of rotatable bonds is 12. The third-order valence-corrected chi connectivity index (χ3v) is 5.73. The first-order chi connectivity index (χ1) is 17.2. The van der Waals surface area contributed by atoms with E-state index in [0.717, 1.165) is 43.4 Å². The van der Waals surface area contributed by atoms with Gasteiger partial charge in [-0.1, -0.05) is 45.2 Å². The number of aromatic nitrogens is 2. The molecule has 0 amide bonds. The third kappa shape index (κ3) is 7.06. The molecule has 0 N–H and O–H groups in total. The van der Waals surface area contributed by atoms with Gasteiger partial charge in [0.25, 0.3) is 0 Å². The number of ether oxygens (including phenoxy) is 2. The Bertz CT molecular complexity index is 1130. The summed E-state index contributed by atoms with van der Waals surface area (Å²) in [6.07, 6.45) is 7.15. The highest BCUT2D eigenvalue weighted by Gasteiger charge is 2.34. The molecule has 0 radical (unpaired) electrons. The normalized spacial score (nSPS) is 12.7. The number of carbonyl (C=O) groups is 1. The Balaban J connectivity index is 1.68. The zero-order valence-corrected chi connectivity index (χ0v) is 20.8. The van der Waals surface area contributed by atoms with Gasteiger partial charge in [0.15, 0.2) is 23.2 Å². The van der Waals surface area contributed by atoms with Crippen LogP contribution in [0.15, 0.2) is 48.8 Å². The Kier molecular flexibility index (Phi) is 9.44. The second-order valence-corrected chi connectivity index (χ2v) is 8.83. The van der Waals surface area contributed by atoms with Gasteiger partial charge in [0.2, 0.25) is 5.67 Å². The maximum absolute atomic E-state index is 14.5. The van der Waals surface area contributed by atoms with E-state index in [-0.39, 0.29) is 30.2 Å². The van der Waals surface area contributed by atoms with Crippen molar-refractivity contribution in [2.45, 2.75) is 65.0 Å². The molecule has 0 spiro atoms. The van der Waals surface area contributed by atoms with Gasteiger partial charge in [0.05, 0.1) is 6.61 Å². The zero-order valence-electron chi connectivity index (χ0n) is 20.8. The number of carbonyl (C=O) groups excluding carboxylic acids is 1. The number of alkyl halides is 1. The summed E-state index contributed by atoms with van der Waals surface area (Å²) in [5, 5.41) is 0. The lowest BCUT2D eigenvalue weighted by Gasteiger charge is -2.18. The minimum absolute atomic E-state index is 0.104. The molecule has 192 valence electrons. The number of esters is 1. The van der Waals surface area contributed by atoms with Crippen LogP contribution in [0.2, 0.25) is 0 Å². The first-order valence-electron chi connectivity index (χ1n) is 12.2. The quantitative estimate of drug-likeness (QED) is 0.147. The fourth-order valence-electron chi connectivity index (χ4n) is 3.52. The molecule has 0 fully saturated rings. The summed E-state index contributed by atoms with van der Waals surface area (Å²) in [5.41, 5.74) is -0.483. The van der Waals surface area contributed by atoms with Gasteiger partial charge in [0, 0.05) is 23.5 Å². The van der Waals surface area contributed by atoms with Crippen molar-refractivity contribution in [1.29, 1.82) is 0 Å². The highest BCUT2D eigenvalue weighted by molar-refractivity contribution is 5.81. The number of hydrogen-bond acceptors (Lipinski definition) is 5. The molecule has 3 aromatic rings. The van der Waals surface area contributed by atoms with E-state index >= 15 is 0 Å². The summed E-state index contributed by atoms with van der Waals surface area (Å²) in [6.45, 7) is 5.43. The van der Waals surface area contributed by atoms with Gasteiger partial charge < -0.3 is 9.47 Å². The zero-order chi connectivity index (χ0) is 26.1. The predicted molar refractivity (Wildman–Crippen MR) is 133 cm³/mol. The maximum Gasteiger partial charge on any atom is 0.348 e. The van der Waals surface area contributed by atoms with E-state index in [1.807, 2.05) is 13.8 Å². The van der Waals surface area contributed by atoms with Gasteiger partial charge in [-0.25, -0.2) is 27.9 Å². The van der Waals surface area contributed by atoms with Crippen molar-refractivity contribution in [3.8, 4) is 34.0 Å². The van der Waals surface area contributed by atoms with Gasteiger partial charge in [-0.15, -0.1) is 0 Å². The summed E-state index contributed by atoms with van der Waals surface area (Å²) < 4.78 is 53.8. The van der Waals surface area contributed by atoms with Crippen molar-refractivity contribution in [3.63, 3.8) is 0 Å². The second kappa shape index (κ2) is 12.5. The molecule has 1 aromatic heterocycles. The van der Waals surface area contributed by atoms with E-state index in [4.69, 9.17) is 9.47 Å². The largest absolute Gasteiger partial charge is 0.488 e. The van der Waals surface area contributed by atoms with E-state index in [1.54, 1.807) is 24.3 Å². The lowest BCUT2D eigenvalue weighted by molar-refractivity contribution is -0.147. The van der Waals surface area contributed by atoms with Crippen molar-refractivity contribution in [2.24, 2.45) is 0 Å². The van der Waals surface area contributed by atoms with Gasteiger partial charge in [-0.3, -0.25) is 0 Å². The molecule has 8 heteroatoms. The van der Waals surface area contributed by atoms with Crippen molar-refractivity contribution >= 4 is 5.97 Å². The first-order valence-corrected chi connectivity index (χ1v) is 12.2. The summed E-state index contributed by atoms with van der Waals surface area (Å²) >= 11 is 0. The van der Waals surface area contributed by atoms with Crippen LogP contribution in [0.5, 0.6) is 11.5 Å². The minimum Gasteiger partial charge on any atom is -0.488 e. The fourth-order valence-corrected chi connectivity index (χ4v) is 3.52. The molecule has 2 aromatic carbocycles. The Morgan fingerprint density at radius 2 is 1.50 bits per heavy atom. The monoisotopic (exact) mass is 500 g/mol. The van der Waals surface area contributed by atoms with Crippen molar-refractivity contribution in [1.82, 2.24) is 9.97 Å². The third-order valence-electron chi connectivity index (χ3n) is 5.73. The second-order valence-electron chi connectivity index (χ2n) is 8.83. The Labute approximate surface area is 209 Å². The molecular formula is C28H31F3N2O3. The van der Waals surface area contributed by atoms with E-state index in [9.17, 15) is 18.0 Å². The first kappa shape index (κ1) is 27.2. The molecule has 0 saturated heterocycles. The van der Waals surface area contributed by atoms with Gasteiger partial charge in [0.1, 0.15) is 5.75 Å². The van der Waals surface area contributed by atoms with E-state index < -0.39 is 29.0 Å². The Morgan fingerprint density at radius 1 is 0.889 bits per heavy atom. The van der Waals surface area contributed by atoms with Gasteiger partial charge >= 0.3 is 5.97 Å². The predicted octanol–water partition coefficient (Wildman–Crippen LogP) is 7.48. The number of halogens is 3. The number of hydrogen-bond donors (Lipinski definition) is 0. The van der Waals surface area contributed by atoms with Crippen molar-refractivity contribution in [3.05, 3.63) is 60.4 Å². The van der Waals surface area contributed by atoms with Crippen LogP contribution in [0.25, 0.3) is 22.5 Å². The van der Waals surface area contributed by atoms with Crippen LogP contribution in [0, 0.1) is 11.6 Å². The van der Waals surface area contributed by atoms with E-state index in [1.165, 1.54) is 19.3 Å². The molecule has 36 heavy (non-hydrogen) atoms. The number of benzene rings is 2. The minimum atomic E-state index is -2.04. The maximum atomic E-state index is 14.5. The molecule has 1 heterocycles. The summed E-state index contributed by atoms with van der Waals surface area (Å²) in [7, 11) is 0. The highest BCUT2D eigenvalue weighted by Crippen LogP contribution is 2.29. The standard InChI is InChI=1S/C28H31F3N2O3/c1-4-6-8-14-35-25-23(29)15-20(16-24(25)30)26-32-17-21(18-33-26)19-9-11-22(12-10-19)36-27(34)28(3,31)13-7-5-2/h9-12,15-18H,4-8,13-14H2,1-3H3/t28-/m0/s1.